The molecule has 15 nitrogen and oxygen atoms in total. The number of piperazine rings is 1. The van der Waals surface area contributed by atoms with Crippen LogP contribution in [0.4, 0.5) is 16.6 Å². The van der Waals surface area contributed by atoms with E-state index in [2.05, 4.69) is 43.6 Å². The van der Waals surface area contributed by atoms with Gasteiger partial charge in [-0.15, -0.1) is 0 Å². The molecule has 0 bridgehead atoms. The molecular weight excluding hydrogens is 939 g/mol. The molecule has 1 saturated carbocycles. The summed E-state index contributed by atoms with van der Waals surface area (Å²) in [5.74, 6) is -0.112. The predicted molar refractivity (Wildman–Crippen MR) is 285 cm³/mol. The van der Waals surface area contributed by atoms with Crippen molar-refractivity contribution in [2.24, 2.45) is 13.0 Å². The van der Waals surface area contributed by atoms with E-state index in [0.717, 1.165) is 119 Å². The second-order valence-corrected chi connectivity index (χ2v) is 21.2. The molecule has 3 amide bonds. The second-order valence-electron chi connectivity index (χ2n) is 20.2. The molecule has 4 aromatic carbocycles. The number of carbonyl (C=O) groups excluding carboxylic acids is 3. The molecule has 1 atom stereocenters. The Labute approximate surface area is 428 Å². The number of imide groups is 1. The smallest absolute Gasteiger partial charge is 0.355 e. The lowest BCUT2D eigenvalue weighted by Crippen LogP contribution is -2.46. The van der Waals surface area contributed by atoms with Gasteiger partial charge >= 0.3 is 5.97 Å². The number of anilines is 3. The second kappa shape index (κ2) is 20.7. The van der Waals surface area contributed by atoms with Crippen molar-refractivity contribution in [2.45, 2.75) is 89.7 Å². The van der Waals surface area contributed by atoms with Crippen LogP contribution >= 0.6 is 11.3 Å². The summed E-state index contributed by atoms with van der Waals surface area (Å²) in [5, 5.41) is 22.2. The first-order chi connectivity index (χ1) is 35.5. The lowest BCUT2D eigenvalue weighted by atomic mass is 9.84. The molecule has 0 radical (unpaired) electrons. The number of fused-ring (bicyclic) bond motifs is 3. The zero-order valence-electron chi connectivity index (χ0n) is 41.4. The Balaban J connectivity index is 0.634. The van der Waals surface area contributed by atoms with E-state index in [0.29, 0.717) is 54.4 Å². The number of piperidine rings is 1. The van der Waals surface area contributed by atoms with Gasteiger partial charge in [-0.3, -0.25) is 34.6 Å². The fraction of sp³-hybridized carbons (Fsp3) is 0.386. The highest BCUT2D eigenvalue weighted by Gasteiger charge is 2.32. The minimum absolute atomic E-state index is 0.0105. The number of pyridine rings is 1. The summed E-state index contributed by atoms with van der Waals surface area (Å²) in [6.45, 7) is 8.18. The first-order valence-electron chi connectivity index (χ1n) is 25.8. The molecule has 376 valence electrons. The van der Waals surface area contributed by atoms with Crippen LogP contribution in [0.2, 0.25) is 0 Å². The number of ether oxygens (including phenoxy) is 1. The molecule has 1 aliphatic carbocycles. The number of aromatic carboxylic acids is 1. The molecule has 1 unspecified atom stereocenters. The number of benzene rings is 4. The maximum Gasteiger partial charge on any atom is 0.355 e. The number of nitrogens with one attached hydrogen (secondary N) is 2. The molecule has 7 aromatic rings. The van der Waals surface area contributed by atoms with Crippen LogP contribution in [0.25, 0.3) is 32.2 Å². The van der Waals surface area contributed by atoms with Gasteiger partial charge in [0, 0.05) is 74.9 Å². The number of carboxylic acid groups (broad SMARTS) is 1. The third-order valence-corrected chi connectivity index (χ3v) is 16.5. The summed E-state index contributed by atoms with van der Waals surface area (Å²) in [6.07, 6.45) is 9.75. The van der Waals surface area contributed by atoms with E-state index in [1.165, 1.54) is 36.3 Å². The number of hydrogen-bond acceptors (Lipinski definition) is 12. The number of carbonyl (C=O) groups is 4. The minimum atomic E-state index is -1.10. The van der Waals surface area contributed by atoms with Crippen molar-refractivity contribution in [3.05, 3.63) is 125 Å². The summed E-state index contributed by atoms with van der Waals surface area (Å²) in [7, 11) is 1.92. The first-order valence-corrected chi connectivity index (χ1v) is 26.6. The molecule has 3 aliphatic heterocycles. The Morgan fingerprint density at radius 2 is 1.66 bits per heavy atom. The number of aromatic nitrogens is 4. The first kappa shape index (κ1) is 48.1. The van der Waals surface area contributed by atoms with Crippen LogP contribution in [0.5, 0.6) is 5.75 Å². The Kier molecular flexibility index (Phi) is 13.7. The van der Waals surface area contributed by atoms with Crippen molar-refractivity contribution < 1.29 is 29.0 Å². The Morgan fingerprint density at radius 3 is 2.45 bits per heavy atom. The molecule has 6 heterocycles. The van der Waals surface area contributed by atoms with Crippen LogP contribution < -0.4 is 25.2 Å². The SMILES string of the molecule is Cc1cc(OC2CCC(CCCCN3CCN(c4ccc5c(C6CCC(=O)NC6=O)nn(C)c5c4)CC3)CC2)ccc1-c1ccc(N2CCc3cccc(C(=O)Nc4nc5ccccc5s4)c3C2)nc1C(=O)O. The monoisotopic (exact) mass is 999 g/mol. The van der Waals surface area contributed by atoms with Crippen molar-refractivity contribution in [2.75, 3.05) is 54.4 Å². The third-order valence-electron chi connectivity index (χ3n) is 15.5. The van der Waals surface area contributed by atoms with Crippen molar-refractivity contribution in [1.29, 1.82) is 0 Å². The predicted octanol–water partition coefficient (Wildman–Crippen LogP) is 9.52. The van der Waals surface area contributed by atoms with Gasteiger partial charge < -0.3 is 19.6 Å². The number of rotatable bonds is 14. The lowest BCUT2D eigenvalue weighted by Gasteiger charge is -2.36. The van der Waals surface area contributed by atoms with Crippen molar-refractivity contribution in [1.82, 2.24) is 30.0 Å². The van der Waals surface area contributed by atoms with Gasteiger partial charge in [0.15, 0.2) is 10.8 Å². The van der Waals surface area contributed by atoms with E-state index in [9.17, 15) is 24.3 Å². The van der Waals surface area contributed by atoms with Crippen LogP contribution in [0.15, 0.2) is 91.0 Å². The maximum absolute atomic E-state index is 13.6. The standard InChI is InChI=1S/C57H61N9O6S/c1-35-32-40(18-20-41(35)42-21-23-50(59-53(42)56(70)71)66-27-25-37-9-7-10-43(46(37)34-66)54(68)61-57-58-47-11-3-4-12-49(47)73-57)72-39-16-13-36(14-17-39)8-5-6-26-64-28-30-65(31-29-64)38-15-19-44-48(33-38)63(2)62-52(44)45-22-24-51(67)60-55(45)69/h3-4,7,9-12,15,18-21,23,32-33,36,39,45H,5-6,8,13-14,16-17,22,24-31,34H2,1-2H3,(H,70,71)(H,58,61,68)(H,60,67,69). The number of unbranched alkanes of at least 4 members (excludes halogenated alkanes) is 1. The van der Waals surface area contributed by atoms with Crippen molar-refractivity contribution in [3.63, 3.8) is 0 Å². The summed E-state index contributed by atoms with van der Waals surface area (Å²) in [4.78, 5) is 67.1. The summed E-state index contributed by atoms with van der Waals surface area (Å²) in [6, 6.07) is 29.7. The van der Waals surface area contributed by atoms with Crippen LogP contribution in [-0.4, -0.2) is 98.8 Å². The summed E-state index contributed by atoms with van der Waals surface area (Å²) >= 11 is 1.44. The minimum Gasteiger partial charge on any atom is -0.490 e. The highest BCUT2D eigenvalue weighted by Crippen LogP contribution is 2.37. The van der Waals surface area contributed by atoms with Crippen LogP contribution in [0, 0.1) is 12.8 Å². The van der Waals surface area contributed by atoms with Crippen LogP contribution in [0.1, 0.15) is 107 Å². The molecule has 0 spiro atoms. The van der Waals surface area contributed by atoms with Gasteiger partial charge in [0.1, 0.15) is 11.6 Å². The Morgan fingerprint density at radius 1 is 0.836 bits per heavy atom. The van der Waals surface area contributed by atoms with E-state index in [4.69, 9.17) is 14.8 Å². The van der Waals surface area contributed by atoms with Gasteiger partial charge in [-0.2, -0.15) is 5.10 Å². The Bertz CT molecular complexity index is 3210. The molecule has 11 rings (SSSR count). The van der Waals surface area contributed by atoms with Crippen LogP contribution in [0.3, 0.4) is 0 Å². The highest BCUT2D eigenvalue weighted by atomic mass is 32.1. The van der Waals surface area contributed by atoms with Crippen molar-refractivity contribution >= 4 is 72.8 Å². The largest absolute Gasteiger partial charge is 0.490 e. The molecule has 4 aliphatic rings. The van der Waals surface area contributed by atoms with E-state index < -0.39 is 11.9 Å². The quantitative estimate of drug-likeness (QED) is 0.0697. The van der Waals surface area contributed by atoms with Gasteiger partial charge in [0.05, 0.1) is 33.4 Å². The maximum atomic E-state index is 13.6. The topological polar surface area (TPSA) is 175 Å². The number of thiazole rings is 1. The molecular formula is C57H61N9O6S. The fourth-order valence-corrected chi connectivity index (χ4v) is 12.4. The summed E-state index contributed by atoms with van der Waals surface area (Å²) < 4.78 is 9.41. The molecule has 16 heteroatoms. The number of hydrogen-bond donors (Lipinski definition) is 3. The van der Waals surface area contributed by atoms with E-state index >= 15 is 0 Å². The highest BCUT2D eigenvalue weighted by molar-refractivity contribution is 7.22. The summed E-state index contributed by atoms with van der Waals surface area (Å²) in [5.41, 5.74) is 8.60. The van der Waals surface area contributed by atoms with Gasteiger partial charge in [0.2, 0.25) is 11.8 Å². The van der Waals surface area contributed by atoms with Gasteiger partial charge in [-0.25, -0.2) is 14.8 Å². The zero-order chi connectivity index (χ0) is 50.2. The number of nitrogens with zero attached hydrogens (tertiary/aromatic N) is 7. The molecule has 3 N–H and O–H groups in total. The normalized spacial score (nSPS) is 19.5. The molecule has 3 aromatic heterocycles. The molecule has 73 heavy (non-hydrogen) atoms. The lowest BCUT2D eigenvalue weighted by molar-refractivity contribution is -0.134. The number of aryl methyl sites for hydroxylation is 2. The fourth-order valence-electron chi connectivity index (χ4n) is 11.5. The number of amides is 3. The number of carboxylic acids is 1. The average molecular weight is 1000 g/mol. The molecule has 3 fully saturated rings. The number of para-hydroxylation sites is 1. The van der Waals surface area contributed by atoms with Crippen LogP contribution in [-0.2, 0) is 29.6 Å². The average Bonchev–Trinajstić information content (AvgIpc) is 3.97. The van der Waals surface area contributed by atoms with Gasteiger partial charge in [0.25, 0.3) is 5.91 Å². The van der Waals surface area contributed by atoms with E-state index in [1.807, 2.05) is 96.3 Å². The van der Waals surface area contributed by atoms with Crippen molar-refractivity contribution in [3.8, 4) is 16.9 Å². The van der Waals surface area contributed by atoms with E-state index in [1.54, 1.807) is 0 Å². The Hall–Kier alpha value is -7.17. The molecule has 2 saturated heterocycles. The zero-order valence-corrected chi connectivity index (χ0v) is 42.3. The third kappa shape index (κ3) is 10.3. The van der Waals surface area contributed by atoms with Gasteiger partial charge in [-0.05, 0) is 147 Å². The van der Waals surface area contributed by atoms with Gasteiger partial charge in [-0.1, -0.05) is 54.5 Å². The van der Waals surface area contributed by atoms with E-state index in [-0.39, 0.29) is 29.5 Å².